The molecule has 0 saturated carbocycles. The van der Waals surface area contributed by atoms with Crippen LogP contribution in [0.15, 0.2) is 30.6 Å². The van der Waals surface area contributed by atoms with Gasteiger partial charge in [-0.25, -0.2) is 14.4 Å². The van der Waals surface area contributed by atoms with Crippen LogP contribution in [0.4, 0.5) is 27.5 Å². The molecular weight excluding hydrogens is 461 g/mol. The molecule has 2 aliphatic rings. The number of aromatic nitrogens is 5. The fourth-order valence-electron chi connectivity index (χ4n) is 4.82. The van der Waals surface area contributed by atoms with Crippen LogP contribution in [-0.4, -0.2) is 55.7 Å². The Morgan fingerprint density at radius 1 is 1.19 bits per heavy atom. The number of nitrogens with zero attached hydrogens (tertiary/aromatic N) is 6. The number of anilines is 4. The second-order valence-corrected chi connectivity index (χ2v) is 9.29. The highest BCUT2D eigenvalue weighted by Gasteiger charge is 2.24. The molecule has 36 heavy (non-hydrogen) atoms. The van der Waals surface area contributed by atoms with Crippen LogP contribution >= 0.6 is 0 Å². The van der Waals surface area contributed by atoms with Crippen molar-refractivity contribution in [2.75, 3.05) is 36.5 Å². The molecule has 0 fully saturated rings. The number of pyridine rings is 3. The van der Waals surface area contributed by atoms with Crippen LogP contribution in [0, 0.1) is 6.92 Å². The van der Waals surface area contributed by atoms with Gasteiger partial charge in [-0.05, 0) is 30.0 Å². The van der Waals surface area contributed by atoms with Gasteiger partial charge < -0.3 is 21.3 Å². The molecule has 1 amide bonds. The molecule has 0 unspecified atom stereocenters. The van der Waals surface area contributed by atoms with Crippen molar-refractivity contribution in [3.05, 3.63) is 47.5 Å². The van der Waals surface area contributed by atoms with Crippen LogP contribution in [0.25, 0.3) is 22.0 Å². The van der Waals surface area contributed by atoms with Crippen molar-refractivity contribution >= 4 is 39.8 Å². The molecule has 6 rings (SSSR count). The highest BCUT2D eigenvalue weighted by Crippen LogP contribution is 2.38. The third-order valence-corrected chi connectivity index (χ3v) is 6.92. The standard InChI is InChI=1S/C25H26FN9O/c1-13-16(10-30-24-18(26)3-5-28-23(13)24)19-7-14-8-20(29-11-17(14)25(27)31-19)32-21-9-15-4-6-34(2)22(36)12-35(15)33-21/h7-11,18,28H,3-6,12H2,1-2H3,(H2,27,31)(H,29,32,33)/t18-/m1/s1. The van der Waals surface area contributed by atoms with Crippen LogP contribution < -0.4 is 16.4 Å². The zero-order valence-corrected chi connectivity index (χ0v) is 20.0. The van der Waals surface area contributed by atoms with Gasteiger partial charge >= 0.3 is 0 Å². The molecule has 4 aromatic rings. The van der Waals surface area contributed by atoms with E-state index in [0.29, 0.717) is 48.4 Å². The highest BCUT2D eigenvalue weighted by molar-refractivity contribution is 5.95. The normalized spacial score (nSPS) is 17.4. The molecule has 10 nitrogen and oxygen atoms in total. The number of halogens is 1. The molecule has 11 heteroatoms. The molecule has 0 bridgehead atoms. The van der Waals surface area contributed by atoms with E-state index in [1.54, 1.807) is 29.0 Å². The number of hydrogen-bond donors (Lipinski definition) is 3. The van der Waals surface area contributed by atoms with Gasteiger partial charge in [0.15, 0.2) is 5.82 Å². The minimum absolute atomic E-state index is 0.0342. The number of hydrogen-bond acceptors (Lipinski definition) is 8. The topological polar surface area (TPSA) is 127 Å². The molecule has 2 aliphatic heterocycles. The number of amides is 1. The Morgan fingerprint density at radius 3 is 2.92 bits per heavy atom. The molecular formula is C25H26FN9O. The first-order valence-corrected chi connectivity index (χ1v) is 11.9. The Labute approximate surface area is 206 Å². The number of alkyl halides is 1. The van der Waals surface area contributed by atoms with Gasteiger partial charge in [-0.3, -0.25) is 14.5 Å². The number of likely N-dealkylation sites (N-methyl/N-ethyl adjacent to an activating group) is 1. The maximum Gasteiger partial charge on any atom is 0.244 e. The quantitative estimate of drug-likeness (QED) is 0.402. The molecule has 0 radical (unpaired) electrons. The average molecular weight is 488 g/mol. The van der Waals surface area contributed by atoms with Gasteiger partial charge in [0.2, 0.25) is 5.91 Å². The van der Waals surface area contributed by atoms with E-state index >= 15 is 0 Å². The number of fused-ring (bicyclic) bond motifs is 3. The number of nitrogens with one attached hydrogen (secondary N) is 2. The van der Waals surface area contributed by atoms with E-state index in [2.05, 4.69) is 30.7 Å². The molecule has 0 saturated heterocycles. The monoisotopic (exact) mass is 487 g/mol. The van der Waals surface area contributed by atoms with Crippen LogP contribution in [0.5, 0.6) is 0 Å². The van der Waals surface area contributed by atoms with Gasteiger partial charge in [0.05, 0.1) is 17.1 Å². The van der Waals surface area contributed by atoms with Gasteiger partial charge in [-0.15, -0.1) is 0 Å². The minimum atomic E-state index is -1.07. The molecule has 0 aliphatic carbocycles. The third-order valence-electron chi connectivity index (χ3n) is 6.92. The summed E-state index contributed by atoms with van der Waals surface area (Å²) in [6.45, 7) is 3.38. The van der Waals surface area contributed by atoms with Gasteiger partial charge in [-0.2, -0.15) is 5.10 Å². The molecule has 1 atom stereocenters. The lowest BCUT2D eigenvalue weighted by atomic mass is 9.98. The summed E-state index contributed by atoms with van der Waals surface area (Å²) in [6, 6.07) is 5.76. The summed E-state index contributed by atoms with van der Waals surface area (Å²) in [7, 11) is 1.80. The van der Waals surface area contributed by atoms with Crippen LogP contribution in [0.3, 0.4) is 0 Å². The van der Waals surface area contributed by atoms with Crippen molar-refractivity contribution in [2.24, 2.45) is 0 Å². The lowest BCUT2D eigenvalue weighted by Crippen LogP contribution is -2.29. The van der Waals surface area contributed by atoms with Crippen LogP contribution in [0.2, 0.25) is 0 Å². The van der Waals surface area contributed by atoms with Crippen molar-refractivity contribution in [1.82, 2.24) is 29.6 Å². The first kappa shape index (κ1) is 22.2. The van der Waals surface area contributed by atoms with Gasteiger partial charge in [-0.1, -0.05) is 0 Å². The Morgan fingerprint density at radius 2 is 2.06 bits per heavy atom. The Kier molecular flexibility index (Phi) is 5.20. The van der Waals surface area contributed by atoms with Crippen molar-refractivity contribution < 1.29 is 9.18 Å². The summed E-state index contributed by atoms with van der Waals surface area (Å²) in [6.07, 6.45) is 3.42. The van der Waals surface area contributed by atoms with Crippen molar-refractivity contribution in [2.45, 2.75) is 32.5 Å². The van der Waals surface area contributed by atoms with Crippen LogP contribution in [0.1, 0.15) is 29.5 Å². The zero-order valence-electron chi connectivity index (χ0n) is 20.0. The molecule has 4 N–H and O–H groups in total. The zero-order chi connectivity index (χ0) is 25.0. The van der Waals surface area contributed by atoms with E-state index in [-0.39, 0.29) is 12.5 Å². The molecule has 184 valence electrons. The van der Waals surface area contributed by atoms with E-state index in [4.69, 9.17) is 5.73 Å². The summed E-state index contributed by atoms with van der Waals surface area (Å²) in [4.78, 5) is 27.3. The van der Waals surface area contributed by atoms with E-state index in [0.717, 1.165) is 39.7 Å². The van der Waals surface area contributed by atoms with E-state index in [9.17, 15) is 9.18 Å². The van der Waals surface area contributed by atoms with Crippen LogP contribution in [-0.2, 0) is 17.8 Å². The summed E-state index contributed by atoms with van der Waals surface area (Å²) >= 11 is 0. The molecule has 6 heterocycles. The summed E-state index contributed by atoms with van der Waals surface area (Å²) < 4.78 is 16.1. The average Bonchev–Trinajstić information content (AvgIpc) is 3.17. The Bertz CT molecular complexity index is 1520. The lowest BCUT2D eigenvalue weighted by Gasteiger charge is -2.23. The Balaban J connectivity index is 1.34. The lowest BCUT2D eigenvalue weighted by molar-refractivity contribution is -0.130. The first-order valence-electron chi connectivity index (χ1n) is 11.9. The van der Waals surface area contributed by atoms with Gasteiger partial charge in [0.1, 0.15) is 24.4 Å². The van der Waals surface area contributed by atoms with Gasteiger partial charge in [0, 0.05) is 68.1 Å². The second kappa shape index (κ2) is 8.43. The number of nitrogens with two attached hydrogens (primary N) is 1. The van der Waals surface area contributed by atoms with E-state index in [1.165, 1.54) is 0 Å². The number of nitrogen functional groups attached to an aromatic ring is 1. The van der Waals surface area contributed by atoms with E-state index < -0.39 is 6.17 Å². The maximum absolute atomic E-state index is 14.3. The van der Waals surface area contributed by atoms with Crippen molar-refractivity contribution in [3.8, 4) is 11.3 Å². The predicted octanol–water partition coefficient (Wildman–Crippen LogP) is 3.36. The summed E-state index contributed by atoms with van der Waals surface area (Å²) in [5, 5.41) is 12.6. The van der Waals surface area contributed by atoms with E-state index in [1.807, 2.05) is 25.1 Å². The fourth-order valence-corrected chi connectivity index (χ4v) is 4.82. The number of carbonyl (C=O) groups is 1. The fraction of sp³-hybridized carbons (Fsp3) is 0.320. The third kappa shape index (κ3) is 3.76. The maximum atomic E-state index is 14.3. The first-order chi connectivity index (χ1) is 17.4. The van der Waals surface area contributed by atoms with Crippen molar-refractivity contribution in [1.29, 1.82) is 0 Å². The Hall–Kier alpha value is -4.28. The van der Waals surface area contributed by atoms with Crippen molar-refractivity contribution in [3.63, 3.8) is 0 Å². The van der Waals surface area contributed by atoms with Gasteiger partial charge in [0.25, 0.3) is 0 Å². The number of carbonyl (C=O) groups excluding carboxylic acids is 1. The molecule has 0 aromatic carbocycles. The SMILES string of the molecule is Cc1c(-c2cc3cc(Nc4cc5n(n4)CC(=O)N(C)CC5)ncc3c(N)n2)cnc2c1NCC[C@H]2F. The molecule has 0 spiro atoms. The smallest absolute Gasteiger partial charge is 0.244 e. The highest BCUT2D eigenvalue weighted by atomic mass is 19.1. The second-order valence-electron chi connectivity index (χ2n) is 9.29. The minimum Gasteiger partial charge on any atom is -0.383 e. The molecule has 4 aromatic heterocycles. The largest absolute Gasteiger partial charge is 0.383 e. The summed E-state index contributed by atoms with van der Waals surface area (Å²) in [5.41, 5.74) is 10.8. The predicted molar refractivity (Wildman–Crippen MR) is 136 cm³/mol. The summed E-state index contributed by atoms with van der Waals surface area (Å²) in [5.74, 6) is 1.61. The number of rotatable bonds is 3.